The molecule has 4 aromatic rings. The van der Waals surface area contributed by atoms with E-state index in [2.05, 4.69) is 116 Å². The van der Waals surface area contributed by atoms with Crippen molar-refractivity contribution >= 4 is 0 Å². The van der Waals surface area contributed by atoms with Gasteiger partial charge in [-0.05, 0) is 35.3 Å². The van der Waals surface area contributed by atoms with E-state index in [1.165, 1.54) is 22.3 Å². The zero-order chi connectivity index (χ0) is 23.6. The van der Waals surface area contributed by atoms with E-state index in [4.69, 9.17) is 11.5 Å². The average Bonchev–Trinajstić information content (AvgIpc) is 2.91. The van der Waals surface area contributed by atoms with Gasteiger partial charge in [0.05, 0.1) is 0 Å². The van der Waals surface area contributed by atoms with Crippen LogP contribution in [-0.4, -0.2) is 13.1 Å². The molecule has 4 N–H and O–H groups in total. The van der Waals surface area contributed by atoms with Crippen LogP contribution in [0, 0.1) is 0 Å². The molecule has 0 fully saturated rings. The van der Waals surface area contributed by atoms with Crippen LogP contribution in [0.15, 0.2) is 98.1 Å². The molecule has 0 radical (unpaired) electrons. The Balaban J connectivity index is 1.31. The number of rotatable bonds is 11. The normalized spacial score (nSPS) is 11.0. The lowest BCUT2D eigenvalue weighted by atomic mass is 10.1. The molecule has 0 unspecified atom stereocenters. The Labute approximate surface area is 202 Å². The van der Waals surface area contributed by atoms with Gasteiger partial charge in [-0.25, -0.2) is 9.13 Å². The Kier molecular flexibility index (Phi) is 8.43. The Morgan fingerprint density at radius 2 is 0.618 bits per heavy atom. The van der Waals surface area contributed by atoms with Crippen LogP contribution in [0.5, 0.6) is 0 Å². The van der Waals surface area contributed by atoms with Gasteiger partial charge < -0.3 is 11.5 Å². The van der Waals surface area contributed by atoms with E-state index in [0.29, 0.717) is 0 Å². The summed E-state index contributed by atoms with van der Waals surface area (Å²) in [5.41, 5.74) is 16.1. The quantitative estimate of drug-likeness (QED) is 0.337. The fourth-order valence-corrected chi connectivity index (χ4v) is 3.97. The summed E-state index contributed by atoms with van der Waals surface area (Å²) in [6, 6.07) is 17.4. The lowest BCUT2D eigenvalue weighted by molar-refractivity contribution is -0.778. The second-order valence-corrected chi connectivity index (χ2v) is 8.58. The summed E-state index contributed by atoms with van der Waals surface area (Å²) < 4.78 is 8.82. The van der Waals surface area contributed by atoms with E-state index < -0.39 is 0 Å². The maximum absolute atomic E-state index is 5.60. The SMILES string of the molecule is NCCC[n+]1ccc(-c2cc[n+](CC[n+]3ccc(-c4cc[n+](CCCN)cc4)cc3)cc2)cc1. The molecular formula is C28H36N6+4. The first-order valence-corrected chi connectivity index (χ1v) is 12.1. The predicted octanol–water partition coefficient (Wildman–Crippen LogP) is 1.57. The zero-order valence-electron chi connectivity index (χ0n) is 19.8. The van der Waals surface area contributed by atoms with E-state index in [0.717, 1.165) is 52.1 Å². The third-order valence-corrected chi connectivity index (χ3v) is 6.09. The van der Waals surface area contributed by atoms with Gasteiger partial charge in [0.25, 0.3) is 0 Å². The number of aromatic nitrogens is 4. The Hall–Kier alpha value is -3.48. The highest BCUT2D eigenvalue weighted by molar-refractivity contribution is 5.61. The molecule has 0 aromatic carbocycles. The lowest BCUT2D eigenvalue weighted by Crippen LogP contribution is -2.43. The van der Waals surface area contributed by atoms with Crippen molar-refractivity contribution in [1.82, 2.24) is 0 Å². The topological polar surface area (TPSA) is 67.6 Å². The van der Waals surface area contributed by atoms with Crippen LogP contribution < -0.4 is 29.7 Å². The monoisotopic (exact) mass is 456 g/mol. The molecule has 4 rings (SSSR count). The number of nitrogens with zero attached hydrogens (tertiary/aromatic N) is 4. The summed E-state index contributed by atoms with van der Waals surface area (Å²) in [6.07, 6.45) is 19.1. The predicted molar refractivity (Wildman–Crippen MR) is 132 cm³/mol. The van der Waals surface area contributed by atoms with Crippen molar-refractivity contribution in [3.05, 3.63) is 98.1 Å². The lowest BCUT2D eigenvalue weighted by Gasteiger charge is -2.02. The molecule has 0 spiro atoms. The zero-order valence-corrected chi connectivity index (χ0v) is 19.8. The number of pyridine rings is 4. The summed E-state index contributed by atoms with van der Waals surface area (Å²) in [5.74, 6) is 0. The van der Waals surface area contributed by atoms with Crippen LogP contribution in [0.2, 0.25) is 0 Å². The number of hydrogen-bond acceptors (Lipinski definition) is 2. The van der Waals surface area contributed by atoms with Gasteiger partial charge in [0.15, 0.2) is 49.6 Å². The summed E-state index contributed by atoms with van der Waals surface area (Å²) in [5, 5.41) is 0. The fraction of sp³-hybridized carbons (Fsp3) is 0.286. The van der Waals surface area contributed by atoms with Crippen LogP contribution in [-0.2, 0) is 26.2 Å². The molecule has 0 aliphatic carbocycles. The van der Waals surface area contributed by atoms with Gasteiger partial charge >= 0.3 is 0 Å². The number of aryl methyl sites for hydroxylation is 4. The summed E-state index contributed by atoms with van der Waals surface area (Å²) in [7, 11) is 0. The van der Waals surface area contributed by atoms with Gasteiger partial charge in [-0.1, -0.05) is 0 Å². The highest BCUT2D eigenvalue weighted by Crippen LogP contribution is 2.16. The van der Waals surface area contributed by atoms with Crippen molar-refractivity contribution < 1.29 is 18.3 Å². The molecular weight excluding hydrogens is 420 g/mol. The largest absolute Gasteiger partial charge is 0.330 e. The highest BCUT2D eigenvalue weighted by Gasteiger charge is 2.10. The van der Waals surface area contributed by atoms with Crippen molar-refractivity contribution in [2.45, 2.75) is 39.0 Å². The first kappa shape index (κ1) is 23.7. The molecule has 6 heteroatoms. The third-order valence-electron chi connectivity index (χ3n) is 6.09. The van der Waals surface area contributed by atoms with Gasteiger partial charge in [-0.2, -0.15) is 9.13 Å². The molecule has 4 heterocycles. The average molecular weight is 457 g/mol. The molecule has 4 aromatic heterocycles. The van der Waals surface area contributed by atoms with Crippen LogP contribution >= 0.6 is 0 Å². The van der Waals surface area contributed by atoms with Gasteiger partial charge in [0.1, 0.15) is 13.1 Å². The minimum atomic E-state index is 0.721. The summed E-state index contributed by atoms with van der Waals surface area (Å²) in [6.45, 7) is 5.21. The van der Waals surface area contributed by atoms with Crippen LogP contribution in [0.1, 0.15) is 12.8 Å². The Bertz CT molecular complexity index is 1040. The second kappa shape index (κ2) is 12.1. The minimum Gasteiger partial charge on any atom is -0.330 e. The molecule has 0 saturated heterocycles. The Morgan fingerprint density at radius 3 is 0.853 bits per heavy atom. The van der Waals surface area contributed by atoms with Crippen molar-refractivity contribution in [3.63, 3.8) is 0 Å². The second-order valence-electron chi connectivity index (χ2n) is 8.58. The molecule has 174 valence electrons. The van der Waals surface area contributed by atoms with E-state index in [1.54, 1.807) is 0 Å². The molecule has 0 atom stereocenters. The van der Waals surface area contributed by atoms with Gasteiger partial charge in [-0.3, -0.25) is 0 Å². The van der Waals surface area contributed by atoms with E-state index in [1.807, 2.05) is 0 Å². The van der Waals surface area contributed by atoms with Crippen molar-refractivity contribution in [3.8, 4) is 22.3 Å². The van der Waals surface area contributed by atoms with Crippen molar-refractivity contribution in [2.75, 3.05) is 13.1 Å². The summed E-state index contributed by atoms with van der Waals surface area (Å²) in [4.78, 5) is 0. The molecule has 6 nitrogen and oxygen atoms in total. The number of nitrogens with two attached hydrogens (primary N) is 2. The summed E-state index contributed by atoms with van der Waals surface area (Å²) >= 11 is 0. The fourth-order valence-electron chi connectivity index (χ4n) is 3.97. The highest BCUT2D eigenvalue weighted by atomic mass is 15.0. The first-order chi connectivity index (χ1) is 16.7. The maximum Gasteiger partial charge on any atom is 0.206 e. The molecule has 0 aliphatic rings. The molecule has 0 aliphatic heterocycles. The van der Waals surface area contributed by atoms with E-state index in [-0.39, 0.29) is 0 Å². The van der Waals surface area contributed by atoms with Gasteiger partial charge in [0.2, 0.25) is 13.1 Å². The smallest absolute Gasteiger partial charge is 0.206 e. The third kappa shape index (κ3) is 6.53. The first-order valence-electron chi connectivity index (χ1n) is 12.1. The molecule has 0 amide bonds. The Morgan fingerprint density at radius 1 is 0.382 bits per heavy atom. The van der Waals surface area contributed by atoms with E-state index in [9.17, 15) is 0 Å². The van der Waals surface area contributed by atoms with Crippen molar-refractivity contribution in [2.24, 2.45) is 11.5 Å². The number of hydrogen-bond donors (Lipinski definition) is 2. The maximum atomic E-state index is 5.60. The molecule has 34 heavy (non-hydrogen) atoms. The minimum absolute atomic E-state index is 0.721. The van der Waals surface area contributed by atoms with Crippen LogP contribution in [0.3, 0.4) is 0 Å². The van der Waals surface area contributed by atoms with Gasteiger partial charge in [-0.15, -0.1) is 0 Å². The standard InChI is InChI=1S/C28H36N6/c29-11-1-13-31-15-3-25(4-16-31)27-7-19-33(20-8-27)23-24-34-21-9-28(10-22-34)26-5-17-32(18-6-26)14-2-12-30/h3-10,15-22H,1-2,11-14,23-24,29-30H2/q+4. The molecule has 0 saturated carbocycles. The molecule has 0 bridgehead atoms. The van der Waals surface area contributed by atoms with Gasteiger partial charge in [0, 0.05) is 61.4 Å². The van der Waals surface area contributed by atoms with Crippen molar-refractivity contribution in [1.29, 1.82) is 0 Å². The van der Waals surface area contributed by atoms with E-state index >= 15 is 0 Å². The van der Waals surface area contributed by atoms with Crippen LogP contribution in [0.4, 0.5) is 0 Å². The van der Waals surface area contributed by atoms with Crippen LogP contribution in [0.25, 0.3) is 22.3 Å².